The predicted molar refractivity (Wildman–Crippen MR) is 45.9 cm³/mol. The monoisotopic (exact) mass is 172 g/mol. The topological polar surface area (TPSA) is 0 Å². The van der Waals surface area contributed by atoms with Crippen LogP contribution in [0.5, 0.6) is 0 Å². The number of hydrogen-bond acceptors (Lipinski definition) is 1. The quantitative estimate of drug-likeness (QED) is 0.572. The summed E-state index contributed by atoms with van der Waals surface area (Å²) in [6, 6.07) is 2.26. The van der Waals surface area contributed by atoms with Crippen molar-refractivity contribution < 1.29 is 0 Å². The molecule has 0 spiro atoms. The average Bonchev–Trinajstić information content (AvgIpc) is 2.42. The fourth-order valence-corrected chi connectivity index (χ4v) is 2.81. The Labute approximate surface area is 69.8 Å². The lowest BCUT2D eigenvalue weighted by atomic mass is 10.2. The molecule has 0 atom stereocenters. The maximum absolute atomic E-state index is 5.70. The summed E-state index contributed by atoms with van der Waals surface area (Å²) in [7, 11) is 0. The molecule has 0 aromatic carbocycles. The van der Waals surface area contributed by atoms with Gasteiger partial charge >= 0.3 is 0 Å². The number of hydrogen-bond donors (Lipinski definition) is 0. The molecular weight excluding hydrogens is 164 g/mol. The van der Waals surface area contributed by atoms with Crippen molar-refractivity contribution in [1.82, 2.24) is 0 Å². The zero-order valence-corrected chi connectivity index (χ0v) is 7.26. The van der Waals surface area contributed by atoms with Crippen LogP contribution in [0.3, 0.4) is 0 Å². The first kappa shape index (κ1) is 6.68. The van der Waals surface area contributed by atoms with E-state index in [9.17, 15) is 0 Å². The van der Waals surface area contributed by atoms with Crippen LogP contribution in [-0.4, -0.2) is 0 Å². The summed E-state index contributed by atoms with van der Waals surface area (Å²) in [6.07, 6.45) is 3.92. The zero-order valence-electron chi connectivity index (χ0n) is 5.69. The summed E-state index contributed by atoms with van der Waals surface area (Å²) in [5, 5.41) is 0. The lowest BCUT2D eigenvalue weighted by Crippen LogP contribution is -1.71. The Morgan fingerprint density at radius 3 is 3.10 bits per heavy atom. The van der Waals surface area contributed by atoms with Crippen molar-refractivity contribution in [2.75, 3.05) is 0 Å². The maximum atomic E-state index is 5.70. The summed E-state index contributed by atoms with van der Waals surface area (Å²) in [5.74, 6) is 0.692. The van der Waals surface area contributed by atoms with Crippen LogP contribution in [0.2, 0.25) is 0 Å². The molecule has 10 heavy (non-hydrogen) atoms. The first-order valence-electron chi connectivity index (χ1n) is 3.56. The Bertz CT molecular complexity index is 218. The number of fused-ring (bicyclic) bond motifs is 1. The summed E-state index contributed by atoms with van der Waals surface area (Å²) in [6.45, 7) is 0. The zero-order chi connectivity index (χ0) is 6.97. The normalized spacial score (nSPS) is 15.7. The molecule has 1 aliphatic rings. The van der Waals surface area contributed by atoms with Gasteiger partial charge in [0.15, 0.2) is 0 Å². The van der Waals surface area contributed by atoms with Gasteiger partial charge in [0.05, 0.1) is 5.88 Å². The summed E-state index contributed by atoms with van der Waals surface area (Å²) in [4.78, 5) is 2.92. The van der Waals surface area contributed by atoms with Crippen molar-refractivity contribution in [2.24, 2.45) is 0 Å². The molecule has 0 amide bonds. The summed E-state index contributed by atoms with van der Waals surface area (Å²) < 4.78 is 0. The van der Waals surface area contributed by atoms with Crippen LogP contribution in [-0.2, 0) is 18.7 Å². The van der Waals surface area contributed by atoms with E-state index in [-0.39, 0.29) is 0 Å². The second-order valence-corrected chi connectivity index (χ2v) is 4.14. The van der Waals surface area contributed by atoms with Gasteiger partial charge in [0.1, 0.15) is 0 Å². The Balaban J connectivity index is 2.37. The minimum Gasteiger partial charge on any atom is -0.144 e. The first-order valence-corrected chi connectivity index (χ1v) is 4.91. The number of halogens is 1. The van der Waals surface area contributed by atoms with Gasteiger partial charge in [-0.1, -0.05) is 0 Å². The second kappa shape index (κ2) is 2.55. The highest BCUT2D eigenvalue weighted by Gasteiger charge is 2.13. The smallest absolute Gasteiger partial charge is 0.0568 e. The van der Waals surface area contributed by atoms with Crippen molar-refractivity contribution in [1.29, 1.82) is 0 Å². The molecule has 0 nitrogen and oxygen atoms in total. The van der Waals surface area contributed by atoms with Gasteiger partial charge in [0.25, 0.3) is 0 Å². The molecular formula is C8H9ClS. The van der Waals surface area contributed by atoms with E-state index < -0.39 is 0 Å². The molecule has 2 heteroatoms. The van der Waals surface area contributed by atoms with Crippen molar-refractivity contribution in [3.8, 4) is 0 Å². The fourth-order valence-electron chi connectivity index (χ4n) is 1.46. The third-order valence-electron chi connectivity index (χ3n) is 1.93. The number of alkyl halides is 1. The van der Waals surface area contributed by atoms with Crippen molar-refractivity contribution in [3.63, 3.8) is 0 Å². The van der Waals surface area contributed by atoms with Crippen LogP contribution in [0.25, 0.3) is 0 Å². The molecule has 0 N–H and O–H groups in total. The third kappa shape index (κ3) is 0.977. The van der Waals surface area contributed by atoms with E-state index in [2.05, 4.69) is 6.07 Å². The molecule has 0 aliphatic heterocycles. The van der Waals surface area contributed by atoms with E-state index in [1.165, 1.54) is 24.1 Å². The molecule has 1 aromatic rings. The van der Waals surface area contributed by atoms with Gasteiger partial charge < -0.3 is 0 Å². The predicted octanol–water partition coefficient (Wildman–Crippen LogP) is 2.98. The molecule has 0 bridgehead atoms. The first-order chi connectivity index (χ1) is 4.90. The van der Waals surface area contributed by atoms with E-state index >= 15 is 0 Å². The minimum atomic E-state index is 0.692. The molecule has 0 saturated heterocycles. The van der Waals surface area contributed by atoms with Gasteiger partial charge in [0, 0.05) is 9.75 Å². The SMILES string of the molecule is ClCc1cc2c(s1)CCC2. The summed E-state index contributed by atoms with van der Waals surface area (Å²) in [5.41, 5.74) is 1.56. The summed E-state index contributed by atoms with van der Waals surface area (Å²) >= 11 is 7.59. The number of rotatable bonds is 1. The van der Waals surface area contributed by atoms with Gasteiger partial charge in [-0.3, -0.25) is 0 Å². The number of aryl methyl sites for hydroxylation is 2. The highest BCUT2D eigenvalue weighted by molar-refractivity contribution is 7.12. The van der Waals surface area contributed by atoms with Gasteiger partial charge in [-0.2, -0.15) is 0 Å². The minimum absolute atomic E-state index is 0.692. The Kier molecular flexibility index (Phi) is 1.71. The van der Waals surface area contributed by atoms with Crippen LogP contribution < -0.4 is 0 Å². The molecule has 0 saturated carbocycles. The fraction of sp³-hybridized carbons (Fsp3) is 0.500. The van der Waals surface area contributed by atoms with Crippen LogP contribution in [0.4, 0.5) is 0 Å². The maximum Gasteiger partial charge on any atom is 0.0568 e. The van der Waals surface area contributed by atoms with E-state index in [1.807, 2.05) is 11.3 Å². The van der Waals surface area contributed by atoms with E-state index in [1.54, 1.807) is 10.4 Å². The van der Waals surface area contributed by atoms with Crippen molar-refractivity contribution in [3.05, 3.63) is 21.4 Å². The molecule has 2 rings (SSSR count). The van der Waals surface area contributed by atoms with Crippen LogP contribution in [0, 0.1) is 0 Å². The number of thiophene rings is 1. The molecule has 1 aromatic heterocycles. The van der Waals surface area contributed by atoms with Crippen LogP contribution in [0.15, 0.2) is 6.07 Å². The Morgan fingerprint density at radius 2 is 2.40 bits per heavy atom. The van der Waals surface area contributed by atoms with Crippen LogP contribution >= 0.6 is 22.9 Å². The van der Waals surface area contributed by atoms with Gasteiger partial charge in [-0.25, -0.2) is 0 Å². The molecule has 0 radical (unpaired) electrons. The third-order valence-corrected chi connectivity index (χ3v) is 3.61. The van der Waals surface area contributed by atoms with E-state index in [0.717, 1.165) is 0 Å². The van der Waals surface area contributed by atoms with Crippen LogP contribution in [0.1, 0.15) is 21.7 Å². The highest BCUT2D eigenvalue weighted by Crippen LogP contribution is 2.31. The Hall–Kier alpha value is -0.0100. The second-order valence-electron chi connectivity index (χ2n) is 2.65. The Morgan fingerprint density at radius 1 is 1.50 bits per heavy atom. The van der Waals surface area contributed by atoms with Gasteiger partial charge in [-0.05, 0) is 30.9 Å². The van der Waals surface area contributed by atoms with E-state index in [4.69, 9.17) is 11.6 Å². The molecule has 0 unspecified atom stereocenters. The van der Waals surface area contributed by atoms with Crippen molar-refractivity contribution in [2.45, 2.75) is 25.1 Å². The largest absolute Gasteiger partial charge is 0.144 e. The highest BCUT2D eigenvalue weighted by atomic mass is 35.5. The van der Waals surface area contributed by atoms with E-state index in [0.29, 0.717) is 5.88 Å². The van der Waals surface area contributed by atoms with Gasteiger partial charge in [0.2, 0.25) is 0 Å². The lowest BCUT2D eigenvalue weighted by Gasteiger charge is -1.84. The lowest BCUT2D eigenvalue weighted by molar-refractivity contribution is 0.914. The molecule has 1 heterocycles. The molecule has 1 aliphatic carbocycles. The molecule has 54 valence electrons. The standard InChI is InChI=1S/C8H9ClS/c9-5-7-4-6-2-1-3-8(6)10-7/h4H,1-3,5H2. The van der Waals surface area contributed by atoms with Gasteiger partial charge in [-0.15, -0.1) is 22.9 Å². The molecule has 0 fully saturated rings. The van der Waals surface area contributed by atoms with Crippen molar-refractivity contribution >= 4 is 22.9 Å². The average molecular weight is 173 g/mol.